The van der Waals surface area contributed by atoms with Gasteiger partial charge in [0.1, 0.15) is 5.82 Å². The highest BCUT2D eigenvalue weighted by Gasteiger charge is 2.11. The summed E-state index contributed by atoms with van der Waals surface area (Å²) in [6.45, 7) is 4.18. The van der Waals surface area contributed by atoms with Crippen molar-refractivity contribution in [3.05, 3.63) is 35.5 Å². The van der Waals surface area contributed by atoms with Crippen LogP contribution >= 0.6 is 11.6 Å². The zero-order chi connectivity index (χ0) is 11.4. The molecular weight excluding hydrogens is 216 g/mol. The van der Waals surface area contributed by atoms with Crippen LogP contribution in [0.2, 0.25) is 5.02 Å². The molecule has 0 radical (unpaired) electrons. The van der Waals surface area contributed by atoms with Crippen LogP contribution in [0.25, 0.3) is 0 Å². The van der Waals surface area contributed by atoms with E-state index in [1.165, 1.54) is 12.3 Å². The Labute approximate surface area is 92.8 Å². The summed E-state index contributed by atoms with van der Waals surface area (Å²) in [6.07, 6.45) is 3.04. The predicted molar refractivity (Wildman–Crippen MR) is 59.7 cm³/mol. The van der Waals surface area contributed by atoms with Crippen molar-refractivity contribution in [2.45, 2.75) is 0 Å². The third-order valence-corrected chi connectivity index (χ3v) is 2.17. The molecule has 0 saturated carbocycles. The first-order chi connectivity index (χ1) is 7.06. The molecule has 0 aromatic carbocycles. The third kappa shape index (κ3) is 2.70. The van der Waals surface area contributed by atoms with Gasteiger partial charge in [-0.25, -0.2) is 9.78 Å². The van der Waals surface area contributed by atoms with Gasteiger partial charge in [-0.2, -0.15) is 0 Å². The van der Waals surface area contributed by atoms with E-state index in [9.17, 15) is 4.79 Å². The predicted octanol–water partition coefficient (Wildman–Crippen LogP) is 2.06. The van der Waals surface area contributed by atoms with Crippen LogP contribution in [-0.4, -0.2) is 29.7 Å². The van der Waals surface area contributed by atoms with Crippen LogP contribution in [0, 0.1) is 0 Å². The van der Waals surface area contributed by atoms with E-state index in [0.29, 0.717) is 12.4 Å². The highest BCUT2D eigenvalue weighted by molar-refractivity contribution is 6.33. The van der Waals surface area contributed by atoms with Gasteiger partial charge in [0.25, 0.3) is 0 Å². The Kier molecular flexibility index (Phi) is 3.68. The lowest BCUT2D eigenvalue weighted by molar-refractivity contribution is 0.0697. The van der Waals surface area contributed by atoms with Crippen molar-refractivity contribution in [2.75, 3.05) is 18.5 Å². The Morgan fingerprint density at radius 3 is 3.00 bits per heavy atom. The zero-order valence-electron chi connectivity index (χ0n) is 8.27. The molecule has 0 atom stereocenters. The zero-order valence-corrected chi connectivity index (χ0v) is 9.03. The maximum absolute atomic E-state index is 10.8. The van der Waals surface area contributed by atoms with E-state index in [1.54, 1.807) is 18.0 Å². The lowest BCUT2D eigenvalue weighted by atomic mass is 10.2. The van der Waals surface area contributed by atoms with Gasteiger partial charge < -0.3 is 10.0 Å². The van der Waals surface area contributed by atoms with E-state index in [0.717, 1.165) is 0 Å². The summed E-state index contributed by atoms with van der Waals surface area (Å²) in [7, 11) is 1.80. The number of hydrogen-bond acceptors (Lipinski definition) is 3. The summed E-state index contributed by atoms with van der Waals surface area (Å²) in [5, 5.41) is 8.99. The molecule has 4 nitrogen and oxygen atoms in total. The number of pyridine rings is 1. The molecule has 1 rings (SSSR count). The molecule has 0 amide bonds. The summed E-state index contributed by atoms with van der Waals surface area (Å²) >= 11 is 5.69. The number of carboxylic acid groups (broad SMARTS) is 1. The minimum atomic E-state index is -1.06. The molecule has 1 aromatic rings. The van der Waals surface area contributed by atoms with E-state index < -0.39 is 5.97 Å². The molecule has 5 heteroatoms. The fraction of sp³-hybridized carbons (Fsp3) is 0.200. The highest BCUT2D eigenvalue weighted by atomic mass is 35.5. The van der Waals surface area contributed by atoms with Crippen LogP contribution in [0.15, 0.2) is 24.9 Å². The molecule has 0 aliphatic carbocycles. The molecule has 0 unspecified atom stereocenters. The van der Waals surface area contributed by atoms with Crippen molar-refractivity contribution in [1.29, 1.82) is 0 Å². The molecule has 0 spiro atoms. The fourth-order valence-electron chi connectivity index (χ4n) is 1.09. The second-order valence-corrected chi connectivity index (χ2v) is 3.40. The van der Waals surface area contributed by atoms with Gasteiger partial charge in [0.15, 0.2) is 0 Å². The van der Waals surface area contributed by atoms with Gasteiger partial charge in [0.05, 0.1) is 10.6 Å². The number of rotatable bonds is 4. The van der Waals surface area contributed by atoms with E-state index in [4.69, 9.17) is 16.7 Å². The first-order valence-electron chi connectivity index (χ1n) is 4.27. The molecule has 1 N–H and O–H groups in total. The number of aromatic carboxylic acids is 1. The van der Waals surface area contributed by atoms with E-state index in [-0.39, 0.29) is 10.6 Å². The van der Waals surface area contributed by atoms with Crippen molar-refractivity contribution in [3.63, 3.8) is 0 Å². The summed E-state index contributed by atoms with van der Waals surface area (Å²) in [5.74, 6) is -0.507. The second-order valence-electron chi connectivity index (χ2n) is 3.00. The topological polar surface area (TPSA) is 53.4 Å². The van der Waals surface area contributed by atoms with Crippen molar-refractivity contribution >= 4 is 23.4 Å². The minimum Gasteiger partial charge on any atom is -0.478 e. The number of aromatic nitrogens is 1. The number of likely N-dealkylation sites (N-methyl/N-ethyl adjacent to an activating group) is 1. The Morgan fingerprint density at radius 1 is 1.80 bits per heavy atom. The molecule has 1 aromatic heterocycles. The quantitative estimate of drug-likeness (QED) is 0.799. The van der Waals surface area contributed by atoms with Crippen LogP contribution in [0.4, 0.5) is 5.82 Å². The second kappa shape index (κ2) is 4.79. The summed E-state index contributed by atoms with van der Waals surface area (Å²) < 4.78 is 0. The average molecular weight is 227 g/mol. The van der Waals surface area contributed by atoms with Crippen molar-refractivity contribution < 1.29 is 9.90 Å². The fourth-order valence-corrected chi connectivity index (χ4v) is 1.27. The lowest BCUT2D eigenvalue weighted by Crippen LogP contribution is -2.18. The first kappa shape index (κ1) is 11.5. The molecule has 15 heavy (non-hydrogen) atoms. The number of carboxylic acids is 1. The largest absolute Gasteiger partial charge is 0.478 e. The van der Waals surface area contributed by atoms with Crippen LogP contribution in [-0.2, 0) is 0 Å². The smallest absolute Gasteiger partial charge is 0.337 e. The van der Waals surface area contributed by atoms with Gasteiger partial charge in [0, 0.05) is 19.8 Å². The van der Waals surface area contributed by atoms with E-state index in [2.05, 4.69) is 11.6 Å². The Balaban J connectivity index is 3.06. The van der Waals surface area contributed by atoms with Crippen molar-refractivity contribution in [2.24, 2.45) is 0 Å². The monoisotopic (exact) mass is 226 g/mol. The number of carbonyl (C=O) groups is 1. The number of halogens is 1. The molecule has 0 aliphatic heterocycles. The molecule has 80 valence electrons. The van der Waals surface area contributed by atoms with E-state index in [1.807, 2.05) is 0 Å². The van der Waals surface area contributed by atoms with Gasteiger partial charge in [-0.3, -0.25) is 0 Å². The number of nitrogens with zero attached hydrogens (tertiary/aromatic N) is 2. The van der Waals surface area contributed by atoms with Crippen LogP contribution in [0.5, 0.6) is 0 Å². The summed E-state index contributed by atoms with van der Waals surface area (Å²) in [4.78, 5) is 16.6. The Morgan fingerprint density at radius 2 is 2.47 bits per heavy atom. The highest BCUT2D eigenvalue weighted by Crippen LogP contribution is 2.19. The van der Waals surface area contributed by atoms with Crippen molar-refractivity contribution in [3.8, 4) is 0 Å². The molecule has 0 bridgehead atoms. The molecule has 1 heterocycles. The maximum atomic E-state index is 10.8. The summed E-state index contributed by atoms with van der Waals surface area (Å²) in [5.41, 5.74) is 0.0533. The van der Waals surface area contributed by atoms with Gasteiger partial charge in [-0.15, -0.1) is 6.58 Å². The Bertz CT molecular complexity index is 393. The average Bonchev–Trinajstić information content (AvgIpc) is 2.18. The normalized spacial score (nSPS) is 9.73. The van der Waals surface area contributed by atoms with Gasteiger partial charge in [-0.1, -0.05) is 17.7 Å². The van der Waals surface area contributed by atoms with Gasteiger partial charge in [0.2, 0.25) is 0 Å². The molecular formula is C10H11ClN2O2. The van der Waals surface area contributed by atoms with Crippen molar-refractivity contribution in [1.82, 2.24) is 4.98 Å². The van der Waals surface area contributed by atoms with E-state index >= 15 is 0 Å². The standard InChI is InChI=1S/C10H11ClN2O2/c1-3-4-13(2)9-5-7(10(14)15)8(11)6-12-9/h3,5-6H,1,4H2,2H3,(H,14,15). The Hall–Kier alpha value is -1.55. The molecule has 0 fully saturated rings. The van der Waals surface area contributed by atoms with Gasteiger partial charge in [-0.05, 0) is 6.07 Å². The maximum Gasteiger partial charge on any atom is 0.337 e. The SMILES string of the molecule is C=CCN(C)c1cc(C(=O)O)c(Cl)cn1. The molecule has 0 saturated heterocycles. The first-order valence-corrected chi connectivity index (χ1v) is 4.65. The third-order valence-electron chi connectivity index (χ3n) is 1.87. The summed E-state index contributed by atoms with van der Waals surface area (Å²) in [6, 6.07) is 1.44. The number of hydrogen-bond donors (Lipinski definition) is 1. The number of anilines is 1. The van der Waals surface area contributed by atoms with Crippen LogP contribution in [0.3, 0.4) is 0 Å². The van der Waals surface area contributed by atoms with Crippen LogP contribution in [0.1, 0.15) is 10.4 Å². The van der Waals surface area contributed by atoms with Gasteiger partial charge >= 0.3 is 5.97 Å². The molecule has 0 aliphatic rings. The lowest BCUT2D eigenvalue weighted by Gasteiger charge is -2.16. The van der Waals surface area contributed by atoms with Crippen LogP contribution < -0.4 is 4.90 Å². The minimum absolute atomic E-state index is 0.0533.